The lowest BCUT2D eigenvalue weighted by Crippen LogP contribution is -2.36. The van der Waals surface area contributed by atoms with E-state index in [0.717, 1.165) is 49.2 Å². The molecular formula is C30H31FN4O3. The van der Waals surface area contributed by atoms with Crippen LogP contribution in [0.5, 0.6) is 0 Å². The Balaban J connectivity index is 1.41. The molecule has 2 aromatic carbocycles. The number of amides is 3. The van der Waals surface area contributed by atoms with Gasteiger partial charge in [-0.25, -0.2) is 4.39 Å². The van der Waals surface area contributed by atoms with Crippen LogP contribution >= 0.6 is 0 Å². The van der Waals surface area contributed by atoms with Crippen molar-refractivity contribution in [2.45, 2.75) is 46.1 Å². The normalized spacial score (nSPS) is 16.8. The predicted molar refractivity (Wildman–Crippen MR) is 145 cm³/mol. The smallest absolute Gasteiger partial charge is 0.256 e. The molecule has 8 heteroatoms. The quantitative estimate of drug-likeness (QED) is 0.399. The first-order valence-corrected chi connectivity index (χ1v) is 12.9. The Morgan fingerprint density at radius 3 is 2.47 bits per heavy atom. The zero-order chi connectivity index (χ0) is 27.0. The lowest BCUT2D eigenvalue weighted by atomic mass is 10.0. The summed E-state index contributed by atoms with van der Waals surface area (Å²) in [5, 5.41) is 5.79. The van der Waals surface area contributed by atoms with Gasteiger partial charge in [-0.1, -0.05) is 12.1 Å². The van der Waals surface area contributed by atoms with Gasteiger partial charge >= 0.3 is 0 Å². The van der Waals surface area contributed by atoms with Gasteiger partial charge < -0.3 is 20.5 Å². The van der Waals surface area contributed by atoms with Crippen LogP contribution < -0.4 is 10.6 Å². The molecule has 0 aliphatic carbocycles. The van der Waals surface area contributed by atoms with E-state index in [-0.39, 0.29) is 29.6 Å². The summed E-state index contributed by atoms with van der Waals surface area (Å²) < 4.78 is 13.3. The van der Waals surface area contributed by atoms with Crippen molar-refractivity contribution in [2.75, 3.05) is 18.4 Å². The molecule has 196 valence electrons. The highest BCUT2D eigenvalue weighted by molar-refractivity contribution is 6.35. The standard InChI is InChI=1S/C30H31FN4O3/c1-17-26(32-19(3)27(17)30(38)35-13-5-4-6-14-35)16-24-23-15-21(9-12-25(23)34-29(24)37)28(36)33-18(2)20-7-10-22(31)11-8-20/h7-12,15-16,18,32H,4-6,13-14H2,1-3H3,(H,33,36)(H,34,37). The van der Waals surface area contributed by atoms with Crippen LogP contribution in [0, 0.1) is 19.7 Å². The van der Waals surface area contributed by atoms with E-state index in [1.807, 2.05) is 25.7 Å². The van der Waals surface area contributed by atoms with Crippen molar-refractivity contribution in [2.24, 2.45) is 0 Å². The van der Waals surface area contributed by atoms with Crippen molar-refractivity contribution in [3.8, 4) is 0 Å². The van der Waals surface area contributed by atoms with Crippen LogP contribution in [0.2, 0.25) is 0 Å². The molecule has 5 rings (SSSR count). The zero-order valence-corrected chi connectivity index (χ0v) is 21.8. The number of nitrogens with zero attached hydrogens (tertiary/aromatic N) is 1. The number of rotatable bonds is 5. The largest absolute Gasteiger partial charge is 0.358 e. The summed E-state index contributed by atoms with van der Waals surface area (Å²) >= 11 is 0. The van der Waals surface area contributed by atoms with Gasteiger partial charge in [0.25, 0.3) is 17.7 Å². The lowest BCUT2D eigenvalue weighted by Gasteiger charge is -2.27. The molecule has 1 fully saturated rings. The van der Waals surface area contributed by atoms with E-state index in [1.54, 1.807) is 36.4 Å². The molecular weight excluding hydrogens is 483 g/mol. The number of anilines is 1. The Kier molecular flexibility index (Phi) is 6.89. The van der Waals surface area contributed by atoms with Crippen molar-refractivity contribution in [3.63, 3.8) is 0 Å². The molecule has 0 bridgehead atoms. The molecule has 3 amide bonds. The van der Waals surface area contributed by atoms with E-state index >= 15 is 0 Å². The van der Waals surface area contributed by atoms with Crippen LogP contribution in [0.1, 0.15) is 81.0 Å². The van der Waals surface area contributed by atoms with Gasteiger partial charge in [-0.05, 0) is 87.6 Å². The minimum Gasteiger partial charge on any atom is -0.358 e. The van der Waals surface area contributed by atoms with Gasteiger partial charge in [0.2, 0.25) is 0 Å². The Labute approximate surface area is 221 Å². The molecule has 3 heterocycles. The number of aromatic amines is 1. The minimum absolute atomic E-state index is 0.0195. The summed E-state index contributed by atoms with van der Waals surface area (Å²) in [5.74, 6) is -0.888. The van der Waals surface area contributed by atoms with Gasteiger partial charge in [0, 0.05) is 41.3 Å². The van der Waals surface area contributed by atoms with Gasteiger partial charge in [0.15, 0.2) is 0 Å². The number of fused-ring (bicyclic) bond motifs is 1. The molecule has 1 unspecified atom stereocenters. The van der Waals surface area contributed by atoms with Gasteiger partial charge in [0.1, 0.15) is 5.82 Å². The number of halogens is 1. The van der Waals surface area contributed by atoms with Gasteiger partial charge in [0.05, 0.1) is 17.2 Å². The fourth-order valence-electron chi connectivity index (χ4n) is 5.23. The number of carbonyl (C=O) groups excluding carboxylic acids is 3. The Morgan fingerprint density at radius 2 is 1.76 bits per heavy atom. The van der Waals surface area contributed by atoms with Crippen LogP contribution in [0.4, 0.5) is 10.1 Å². The molecule has 2 aliphatic rings. The highest BCUT2D eigenvalue weighted by Crippen LogP contribution is 2.35. The third kappa shape index (κ3) is 4.86. The number of benzene rings is 2. The van der Waals surface area contributed by atoms with Crippen molar-refractivity contribution in [1.82, 2.24) is 15.2 Å². The molecule has 1 saturated heterocycles. The fourth-order valence-corrected chi connectivity index (χ4v) is 5.23. The van der Waals surface area contributed by atoms with Crippen LogP contribution in [-0.4, -0.2) is 40.7 Å². The van der Waals surface area contributed by atoms with Crippen molar-refractivity contribution < 1.29 is 18.8 Å². The minimum atomic E-state index is -0.335. The van der Waals surface area contributed by atoms with Crippen LogP contribution in [0.25, 0.3) is 11.6 Å². The maximum Gasteiger partial charge on any atom is 0.256 e. The van der Waals surface area contributed by atoms with E-state index in [0.29, 0.717) is 33.6 Å². The molecule has 0 saturated carbocycles. The summed E-state index contributed by atoms with van der Waals surface area (Å²) in [7, 11) is 0. The highest BCUT2D eigenvalue weighted by atomic mass is 19.1. The first kappa shape index (κ1) is 25.4. The molecule has 7 nitrogen and oxygen atoms in total. The summed E-state index contributed by atoms with van der Waals surface area (Å²) in [4.78, 5) is 44.3. The van der Waals surface area contributed by atoms with Crippen molar-refractivity contribution in [1.29, 1.82) is 0 Å². The van der Waals surface area contributed by atoms with Gasteiger partial charge in [-0.3, -0.25) is 14.4 Å². The number of likely N-dealkylation sites (tertiary alicyclic amines) is 1. The second-order valence-electron chi connectivity index (χ2n) is 10.0. The number of H-pyrrole nitrogens is 1. The molecule has 2 aliphatic heterocycles. The molecule has 0 radical (unpaired) electrons. The van der Waals surface area contributed by atoms with Crippen LogP contribution in [0.3, 0.4) is 0 Å². The second kappa shape index (κ2) is 10.3. The molecule has 1 aromatic heterocycles. The summed E-state index contributed by atoms with van der Waals surface area (Å²) in [6.07, 6.45) is 4.92. The molecule has 3 aromatic rings. The number of nitrogens with one attached hydrogen (secondary N) is 3. The lowest BCUT2D eigenvalue weighted by molar-refractivity contribution is -0.110. The average Bonchev–Trinajstić information content (AvgIpc) is 3.38. The molecule has 1 atom stereocenters. The number of hydrogen-bond acceptors (Lipinski definition) is 3. The monoisotopic (exact) mass is 514 g/mol. The van der Waals surface area contributed by atoms with Crippen LogP contribution in [0.15, 0.2) is 42.5 Å². The van der Waals surface area contributed by atoms with Gasteiger partial charge in [-0.15, -0.1) is 0 Å². The summed E-state index contributed by atoms with van der Waals surface area (Å²) in [6, 6.07) is 10.7. The van der Waals surface area contributed by atoms with Crippen molar-refractivity contribution in [3.05, 3.63) is 87.5 Å². The third-order valence-electron chi connectivity index (χ3n) is 7.40. The first-order chi connectivity index (χ1) is 18.2. The SMILES string of the molecule is Cc1[nH]c(C=C2C(=O)Nc3ccc(C(=O)NC(C)c4ccc(F)cc4)cc32)c(C)c1C(=O)N1CCCCC1. The number of aromatic nitrogens is 1. The van der Waals surface area contributed by atoms with E-state index in [1.165, 1.54) is 12.1 Å². The Hall–Kier alpha value is -4.20. The highest BCUT2D eigenvalue weighted by Gasteiger charge is 2.28. The predicted octanol–water partition coefficient (Wildman–Crippen LogP) is 5.38. The Bertz CT molecular complexity index is 1450. The topological polar surface area (TPSA) is 94.3 Å². The summed E-state index contributed by atoms with van der Waals surface area (Å²) in [6.45, 7) is 7.12. The second-order valence-corrected chi connectivity index (χ2v) is 10.0. The molecule has 3 N–H and O–H groups in total. The van der Waals surface area contributed by atoms with Crippen LogP contribution in [-0.2, 0) is 4.79 Å². The van der Waals surface area contributed by atoms with E-state index in [2.05, 4.69) is 15.6 Å². The van der Waals surface area contributed by atoms with Crippen molar-refractivity contribution >= 4 is 35.1 Å². The Morgan fingerprint density at radius 1 is 1.05 bits per heavy atom. The maximum absolute atomic E-state index is 13.3. The van der Waals surface area contributed by atoms with Gasteiger partial charge in [-0.2, -0.15) is 0 Å². The number of hydrogen-bond donors (Lipinski definition) is 3. The van der Waals surface area contributed by atoms with E-state index < -0.39 is 0 Å². The summed E-state index contributed by atoms with van der Waals surface area (Å²) in [5.41, 5.74) is 5.76. The number of aryl methyl sites for hydroxylation is 1. The third-order valence-corrected chi connectivity index (χ3v) is 7.40. The average molecular weight is 515 g/mol. The van der Waals surface area contributed by atoms with E-state index in [9.17, 15) is 18.8 Å². The zero-order valence-electron chi connectivity index (χ0n) is 21.8. The first-order valence-electron chi connectivity index (χ1n) is 12.9. The van der Waals surface area contributed by atoms with E-state index in [4.69, 9.17) is 0 Å². The molecule has 38 heavy (non-hydrogen) atoms. The fraction of sp³-hybridized carbons (Fsp3) is 0.300. The maximum atomic E-state index is 13.3. The number of piperidine rings is 1. The molecule has 0 spiro atoms. The number of carbonyl (C=O) groups is 3.